The molecule has 1 amide bonds. The number of aryl methyl sites for hydroxylation is 1. The molecule has 1 aliphatic heterocycles. The van der Waals surface area contributed by atoms with Crippen LogP contribution in [0.5, 0.6) is 11.5 Å². The number of carbonyl (C=O) groups excluding carboxylic acids is 1. The Morgan fingerprint density at radius 3 is 2.69 bits per heavy atom. The molecule has 0 unspecified atom stereocenters. The standard InChI is InChI=1S/C19H19ClF3N3O3/c1-12-8-16(27)18(24-10-12)26(20)14-6-7-25(11-14)17(28)9-13-2-4-15(5-3-13)29-19(21,22)23/h2-5,8,10,14,27H,6-7,9,11H2,1H3/t14-/m0/s1. The number of nitrogens with zero attached hydrogens (tertiary/aromatic N) is 3. The second-order valence-corrected chi connectivity index (χ2v) is 7.18. The molecule has 0 radical (unpaired) electrons. The predicted octanol–water partition coefficient (Wildman–Crippen LogP) is 3.80. The lowest BCUT2D eigenvalue weighted by molar-refractivity contribution is -0.274. The smallest absolute Gasteiger partial charge is 0.504 e. The number of halogens is 4. The predicted molar refractivity (Wildman–Crippen MR) is 101 cm³/mol. The number of pyridine rings is 1. The van der Waals surface area contributed by atoms with Crippen LogP contribution in [-0.2, 0) is 11.2 Å². The molecule has 1 aromatic carbocycles. The Hall–Kier alpha value is -2.68. The molecule has 6 nitrogen and oxygen atoms in total. The van der Waals surface area contributed by atoms with Gasteiger partial charge in [-0.1, -0.05) is 12.1 Å². The van der Waals surface area contributed by atoms with Gasteiger partial charge in [-0.3, -0.25) is 9.21 Å². The lowest BCUT2D eigenvalue weighted by Gasteiger charge is -2.23. The normalized spacial score (nSPS) is 16.7. The zero-order valence-corrected chi connectivity index (χ0v) is 16.2. The van der Waals surface area contributed by atoms with E-state index in [4.69, 9.17) is 11.8 Å². The summed E-state index contributed by atoms with van der Waals surface area (Å²) < 4.78 is 41.8. The van der Waals surface area contributed by atoms with Crippen LogP contribution in [-0.4, -0.2) is 46.4 Å². The fourth-order valence-corrected chi connectivity index (χ4v) is 3.42. The fraction of sp³-hybridized carbons (Fsp3) is 0.368. The van der Waals surface area contributed by atoms with Gasteiger partial charge >= 0.3 is 6.36 Å². The Balaban J connectivity index is 1.57. The van der Waals surface area contributed by atoms with E-state index in [2.05, 4.69) is 9.72 Å². The summed E-state index contributed by atoms with van der Waals surface area (Å²) in [6.45, 7) is 2.63. The lowest BCUT2D eigenvalue weighted by atomic mass is 10.1. The third-order valence-electron chi connectivity index (χ3n) is 4.54. The number of aromatic nitrogens is 1. The summed E-state index contributed by atoms with van der Waals surface area (Å²) in [5, 5.41) is 10.0. The third kappa shape index (κ3) is 5.44. The molecular weight excluding hydrogens is 411 g/mol. The maximum Gasteiger partial charge on any atom is 0.573 e. The van der Waals surface area contributed by atoms with Crippen LogP contribution in [0.25, 0.3) is 0 Å². The molecule has 1 aliphatic rings. The van der Waals surface area contributed by atoms with Crippen molar-refractivity contribution in [3.8, 4) is 11.5 Å². The van der Waals surface area contributed by atoms with E-state index in [1.807, 2.05) is 0 Å². The number of rotatable bonds is 5. The molecule has 1 saturated heterocycles. The van der Waals surface area contributed by atoms with E-state index in [1.54, 1.807) is 24.1 Å². The van der Waals surface area contributed by atoms with E-state index in [0.29, 0.717) is 25.1 Å². The number of ether oxygens (including phenoxy) is 1. The topological polar surface area (TPSA) is 65.9 Å². The summed E-state index contributed by atoms with van der Waals surface area (Å²) in [7, 11) is 0. The molecule has 0 aliphatic carbocycles. The minimum Gasteiger partial charge on any atom is -0.504 e. The largest absolute Gasteiger partial charge is 0.573 e. The first-order valence-electron chi connectivity index (χ1n) is 8.85. The van der Waals surface area contributed by atoms with Crippen LogP contribution in [0.4, 0.5) is 19.0 Å². The van der Waals surface area contributed by atoms with Gasteiger partial charge < -0.3 is 14.7 Å². The Bertz CT molecular complexity index is 877. The Labute approximate surface area is 170 Å². The first-order chi connectivity index (χ1) is 13.6. The Morgan fingerprint density at radius 1 is 1.38 bits per heavy atom. The van der Waals surface area contributed by atoms with Crippen LogP contribution in [0.15, 0.2) is 36.5 Å². The highest BCUT2D eigenvalue weighted by Gasteiger charge is 2.32. The van der Waals surface area contributed by atoms with Crippen LogP contribution < -0.4 is 9.16 Å². The Morgan fingerprint density at radius 2 is 2.07 bits per heavy atom. The van der Waals surface area contributed by atoms with Crippen molar-refractivity contribution in [2.45, 2.75) is 32.2 Å². The summed E-state index contributed by atoms with van der Waals surface area (Å²) in [4.78, 5) is 18.3. The van der Waals surface area contributed by atoms with Crippen molar-refractivity contribution < 1.29 is 27.8 Å². The van der Waals surface area contributed by atoms with Crippen molar-refractivity contribution in [1.82, 2.24) is 9.88 Å². The van der Waals surface area contributed by atoms with E-state index >= 15 is 0 Å². The van der Waals surface area contributed by atoms with E-state index in [1.165, 1.54) is 28.7 Å². The van der Waals surface area contributed by atoms with Gasteiger partial charge in [0.2, 0.25) is 5.91 Å². The van der Waals surface area contributed by atoms with Crippen molar-refractivity contribution in [2.24, 2.45) is 0 Å². The van der Waals surface area contributed by atoms with Gasteiger partial charge in [0.15, 0.2) is 11.6 Å². The molecule has 10 heteroatoms. The fourth-order valence-electron chi connectivity index (χ4n) is 3.13. The molecule has 1 aromatic heterocycles. The highest BCUT2D eigenvalue weighted by molar-refractivity contribution is 6.26. The monoisotopic (exact) mass is 429 g/mol. The number of anilines is 1. The molecule has 2 heterocycles. The van der Waals surface area contributed by atoms with Crippen LogP contribution in [0.3, 0.4) is 0 Å². The second kappa shape index (κ2) is 8.36. The highest BCUT2D eigenvalue weighted by atomic mass is 35.5. The van der Waals surface area contributed by atoms with Crippen molar-refractivity contribution in [2.75, 3.05) is 17.5 Å². The van der Waals surface area contributed by atoms with Crippen molar-refractivity contribution in [3.05, 3.63) is 47.7 Å². The average molecular weight is 430 g/mol. The molecule has 156 valence electrons. The quantitative estimate of drug-likeness (QED) is 0.732. The van der Waals surface area contributed by atoms with Gasteiger partial charge in [-0.25, -0.2) is 4.98 Å². The van der Waals surface area contributed by atoms with Crippen LogP contribution in [0, 0.1) is 6.92 Å². The van der Waals surface area contributed by atoms with E-state index in [9.17, 15) is 23.1 Å². The lowest BCUT2D eigenvalue weighted by Crippen LogP contribution is -2.35. The molecule has 2 aromatic rings. The van der Waals surface area contributed by atoms with Gasteiger partial charge in [-0.15, -0.1) is 13.2 Å². The molecule has 0 saturated carbocycles. The summed E-state index contributed by atoms with van der Waals surface area (Å²) in [6.07, 6.45) is -2.51. The SMILES string of the molecule is Cc1cnc(N(Cl)[C@H]2CCN(C(=O)Cc3ccc(OC(F)(F)F)cc3)C2)c(O)c1. The minimum atomic E-state index is -4.75. The number of amides is 1. The zero-order chi connectivity index (χ0) is 21.2. The van der Waals surface area contributed by atoms with Crippen LogP contribution in [0.2, 0.25) is 0 Å². The van der Waals surface area contributed by atoms with Gasteiger partial charge in [0, 0.05) is 31.1 Å². The maximum atomic E-state index is 12.5. The van der Waals surface area contributed by atoms with Crippen molar-refractivity contribution >= 4 is 23.5 Å². The molecule has 3 rings (SSSR count). The molecule has 0 bridgehead atoms. The van der Waals surface area contributed by atoms with Gasteiger partial charge in [-0.2, -0.15) is 0 Å². The number of carbonyl (C=O) groups is 1. The van der Waals surface area contributed by atoms with Crippen molar-refractivity contribution in [1.29, 1.82) is 0 Å². The van der Waals surface area contributed by atoms with Gasteiger partial charge in [0.05, 0.1) is 12.5 Å². The summed E-state index contributed by atoms with van der Waals surface area (Å²) in [6, 6.07) is 6.54. The average Bonchev–Trinajstić information content (AvgIpc) is 3.12. The number of aromatic hydroxyl groups is 1. The van der Waals surface area contributed by atoms with Crippen LogP contribution in [0.1, 0.15) is 17.5 Å². The number of benzene rings is 1. The number of likely N-dealkylation sites (tertiary alicyclic amines) is 1. The summed E-state index contributed by atoms with van der Waals surface area (Å²) in [5.41, 5.74) is 1.37. The molecule has 1 atom stereocenters. The minimum absolute atomic E-state index is 0.0362. The molecular formula is C19H19ClF3N3O3. The number of alkyl halides is 3. The first kappa shape index (κ1) is 21.0. The highest BCUT2D eigenvalue weighted by Crippen LogP contribution is 2.31. The second-order valence-electron chi connectivity index (χ2n) is 6.82. The van der Waals surface area contributed by atoms with E-state index in [-0.39, 0.29) is 35.7 Å². The van der Waals surface area contributed by atoms with E-state index < -0.39 is 6.36 Å². The molecule has 1 fully saturated rings. The number of hydrogen-bond acceptors (Lipinski definition) is 5. The van der Waals surface area contributed by atoms with Gasteiger partial charge in [0.1, 0.15) is 5.75 Å². The van der Waals surface area contributed by atoms with E-state index in [0.717, 1.165) is 5.56 Å². The maximum absolute atomic E-state index is 12.5. The van der Waals surface area contributed by atoms with Crippen molar-refractivity contribution in [3.63, 3.8) is 0 Å². The molecule has 0 spiro atoms. The number of hydrogen-bond donors (Lipinski definition) is 1. The van der Waals surface area contributed by atoms with Crippen LogP contribution >= 0.6 is 11.8 Å². The summed E-state index contributed by atoms with van der Waals surface area (Å²) >= 11 is 6.34. The first-order valence-corrected chi connectivity index (χ1v) is 9.19. The van der Waals surface area contributed by atoms with Gasteiger partial charge in [-0.05, 0) is 42.7 Å². The zero-order valence-electron chi connectivity index (χ0n) is 15.5. The van der Waals surface area contributed by atoms with Gasteiger partial charge in [0.25, 0.3) is 0 Å². The Kier molecular flexibility index (Phi) is 6.07. The summed E-state index contributed by atoms with van der Waals surface area (Å²) in [5.74, 6) is -0.302. The molecule has 1 N–H and O–H groups in total. The third-order valence-corrected chi connectivity index (χ3v) is 4.97. The molecule has 29 heavy (non-hydrogen) atoms.